The van der Waals surface area contributed by atoms with Crippen molar-refractivity contribution < 1.29 is 27.1 Å². The molecule has 8 heteroatoms. The second-order valence-electron chi connectivity index (χ2n) is 3.66. The Morgan fingerprint density at radius 2 is 1.67 bits per heavy atom. The summed E-state index contributed by atoms with van der Waals surface area (Å²) in [7, 11) is 0. The maximum Gasteiger partial charge on any atom is 0.455 e. The van der Waals surface area contributed by atoms with Crippen LogP contribution < -0.4 is 5.73 Å². The van der Waals surface area contributed by atoms with Gasteiger partial charge in [-0.25, -0.2) is 0 Å². The van der Waals surface area contributed by atoms with E-state index < -0.39 is 29.5 Å². The van der Waals surface area contributed by atoms with Gasteiger partial charge in [-0.15, -0.1) is 12.4 Å². The average Bonchev–Trinajstić information content (AvgIpc) is 2.14. The number of aromatic hydroxyl groups is 1. The van der Waals surface area contributed by atoms with Crippen LogP contribution in [0.25, 0.3) is 0 Å². The van der Waals surface area contributed by atoms with E-state index in [2.05, 4.69) is 0 Å². The van der Waals surface area contributed by atoms with Gasteiger partial charge in [0.05, 0.1) is 0 Å². The minimum absolute atomic E-state index is 0. The first-order valence-electron chi connectivity index (χ1n) is 4.57. The number of phenols is 1. The third kappa shape index (κ3) is 3.02. The molecule has 3 N–H and O–H groups in total. The Morgan fingerprint density at radius 3 is 2.06 bits per heavy atom. The van der Waals surface area contributed by atoms with Crippen molar-refractivity contribution in [3.63, 3.8) is 0 Å². The smallest absolute Gasteiger partial charge is 0.455 e. The van der Waals surface area contributed by atoms with Gasteiger partial charge in [-0.1, -0.05) is 12.1 Å². The fourth-order valence-electron chi connectivity index (χ4n) is 1.29. The number of alkyl halides is 5. The highest BCUT2D eigenvalue weighted by molar-refractivity contribution is 5.85. The van der Waals surface area contributed by atoms with Crippen molar-refractivity contribution in [3.05, 3.63) is 29.3 Å². The standard InChI is InChI=1S/C10H10F5NO.ClH/c1-5-2-3-6(7(17)4-5)8(16)9(11,12)10(13,14)15;/h2-4,8,17H,16H2,1H3;1H/t8-;/m1./s1. The molecule has 0 unspecified atom stereocenters. The summed E-state index contributed by atoms with van der Waals surface area (Å²) in [5.41, 5.74) is 4.76. The van der Waals surface area contributed by atoms with E-state index in [9.17, 15) is 27.1 Å². The number of aryl methyl sites for hydroxylation is 1. The Kier molecular flexibility index (Phi) is 4.96. The highest BCUT2D eigenvalue weighted by Gasteiger charge is 2.62. The zero-order valence-corrected chi connectivity index (χ0v) is 9.95. The van der Waals surface area contributed by atoms with Gasteiger partial charge in [0.1, 0.15) is 11.8 Å². The Bertz CT molecular complexity index is 421. The van der Waals surface area contributed by atoms with E-state index in [-0.39, 0.29) is 12.4 Å². The zero-order valence-electron chi connectivity index (χ0n) is 9.13. The Morgan fingerprint density at radius 1 is 1.17 bits per heavy atom. The van der Waals surface area contributed by atoms with Crippen molar-refractivity contribution in [3.8, 4) is 5.75 Å². The molecule has 0 saturated carbocycles. The van der Waals surface area contributed by atoms with Crippen molar-refractivity contribution >= 4 is 12.4 Å². The monoisotopic (exact) mass is 291 g/mol. The predicted molar refractivity (Wildman–Crippen MR) is 58.0 cm³/mol. The van der Waals surface area contributed by atoms with E-state index in [4.69, 9.17) is 5.73 Å². The number of hydrogen-bond donors (Lipinski definition) is 2. The number of halogens is 6. The van der Waals surface area contributed by atoms with Crippen molar-refractivity contribution in [1.29, 1.82) is 0 Å². The lowest BCUT2D eigenvalue weighted by Crippen LogP contribution is -2.45. The molecule has 0 bridgehead atoms. The third-order valence-electron chi connectivity index (χ3n) is 2.29. The first-order chi connectivity index (χ1) is 7.57. The maximum atomic E-state index is 12.9. The molecule has 1 aromatic carbocycles. The molecule has 0 aromatic heterocycles. The van der Waals surface area contributed by atoms with Crippen LogP contribution in [-0.4, -0.2) is 17.2 Å². The highest BCUT2D eigenvalue weighted by Crippen LogP contribution is 2.44. The molecule has 0 spiro atoms. The van der Waals surface area contributed by atoms with Crippen molar-refractivity contribution in [2.24, 2.45) is 5.73 Å². The fraction of sp³-hybridized carbons (Fsp3) is 0.400. The van der Waals surface area contributed by atoms with Crippen LogP contribution in [0.5, 0.6) is 5.75 Å². The van der Waals surface area contributed by atoms with Crippen LogP contribution in [0.4, 0.5) is 22.0 Å². The van der Waals surface area contributed by atoms with Gasteiger partial charge in [0.15, 0.2) is 0 Å². The van der Waals surface area contributed by atoms with E-state index in [1.807, 2.05) is 0 Å². The first kappa shape index (κ1) is 16.9. The molecule has 0 aliphatic rings. The SMILES string of the molecule is Cc1ccc([C@@H](N)C(F)(F)C(F)(F)F)c(O)c1.Cl. The van der Waals surface area contributed by atoms with Gasteiger partial charge in [0, 0.05) is 5.56 Å². The van der Waals surface area contributed by atoms with Gasteiger partial charge in [-0.3, -0.25) is 0 Å². The Balaban J connectivity index is 0.00000289. The number of benzene rings is 1. The zero-order chi connectivity index (χ0) is 13.4. The van der Waals surface area contributed by atoms with Crippen LogP contribution in [0.2, 0.25) is 0 Å². The molecule has 1 atom stereocenters. The predicted octanol–water partition coefficient (Wildman–Crippen LogP) is 3.32. The summed E-state index contributed by atoms with van der Waals surface area (Å²) in [6.07, 6.45) is -5.76. The second kappa shape index (κ2) is 5.27. The van der Waals surface area contributed by atoms with E-state index in [1.165, 1.54) is 6.07 Å². The van der Waals surface area contributed by atoms with Crippen molar-refractivity contribution in [2.75, 3.05) is 0 Å². The summed E-state index contributed by atoms with van der Waals surface area (Å²) >= 11 is 0. The third-order valence-corrected chi connectivity index (χ3v) is 2.29. The van der Waals surface area contributed by atoms with Crippen LogP contribution >= 0.6 is 12.4 Å². The van der Waals surface area contributed by atoms with Crippen LogP contribution in [0.3, 0.4) is 0 Å². The fourth-order valence-corrected chi connectivity index (χ4v) is 1.29. The molecule has 0 fully saturated rings. The van der Waals surface area contributed by atoms with Crippen molar-refractivity contribution in [1.82, 2.24) is 0 Å². The lowest BCUT2D eigenvalue weighted by atomic mass is 9.99. The normalized spacial score (nSPS) is 13.9. The van der Waals surface area contributed by atoms with Crippen LogP contribution in [0.1, 0.15) is 17.2 Å². The molecule has 0 saturated heterocycles. The lowest BCUT2D eigenvalue weighted by Gasteiger charge is -2.26. The first-order valence-corrected chi connectivity index (χ1v) is 4.57. The molecule has 104 valence electrons. The minimum atomic E-state index is -5.76. The Labute approximate surface area is 106 Å². The molecule has 2 nitrogen and oxygen atoms in total. The highest BCUT2D eigenvalue weighted by atomic mass is 35.5. The molecule has 1 aromatic rings. The van der Waals surface area contributed by atoms with Gasteiger partial charge < -0.3 is 10.8 Å². The van der Waals surface area contributed by atoms with Gasteiger partial charge in [-0.05, 0) is 18.6 Å². The average molecular weight is 292 g/mol. The lowest BCUT2D eigenvalue weighted by molar-refractivity contribution is -0.291. The minimum Gasteiger partial charge on any atom is -0.508 e. The van der Waals surface area contributed by atoms with Gasteiger partial charge in [-0.2, -0.15) is 22.0 Å². The van der Waals surface area contributed by atoms with E-state index >= 15 is 0 Å². The van der Waals surface area contributed by atoms with Crippen LogP contribution in [0, 0.1) is 6.92 Å². The molecular weight excluding hydrogens is 281 g/mol. The molecule has 0 amide bonds. The topological polar surface area (TPSA) is 46.2 Å². The largest absolute Gasteiger partial charge is 0.508 e. The molecule has 0 aliphatic heterocycles. The summed E-state index contributed by atoms with van der Waals surface area (Å²) in [5, 5.41) is 9.31. The molecule has 0 heterocycles. The summed E-state index contributed by atoms with van der Waals surface area (Å²) < 4.78 is 62.1. The number of hydrogen-bond acceptors (Lipinski definition) is 2. The van der Waals surface area contributed by atoms with Gasteiger partial charge in [0.25, 0.3) is 0 Å². The molecule has 0 radical (unpaired) electrons. The summed E-state index contributed by atoms with van der Waals surface area (Å²) in [6, 6.07) is 0.681. The van der Waals surface area contributed by atoms with E-state index in [0.717, 1.165) is 12.1 Å². The maximum absolute atomic E-state index is 12.9. The summed E-state index contributed by atoms with van der Waals surface area (Å²) in [5.74, 6) is -5.78. The van der Waals surface area contributed by atoms with E-state index in [0.29, 0.717) is 5.56 Å². The number of nitrogens with two attached hydrogens (primary N) is 1. The van der Waals surface area contributed by atoms with Crippen LogP contribution in [-0.2, 0) is 0 Å². The molecule has 1 rings (SSSR count). The number of rotatable bonds is 2. The quantitative estimate of drug-likeness (QED) is 0.821. The summed E-state index contributed by atoms with van der Waals surface area (Å²) in [6.45, 7) is 1.55. The Hall–Kier alpha value is -1.08. The number of phenolic OH excluding ortho intramolecular Hbond substituents is 1. The van der Waals surface area contributed by atoms with E-state index in [1.54, 1.807) is 6.92 Å². The molecule has 18 heavy (non-hydrogen) atoms. The second-order valence-corrected chi connectivity index (χ2v) is 3.66. The van der Waals surface area contributed by atoms with Crippen LogP contribution in [0.15, 0.2) is 18.2 Å². The van der Waals surface area contributed by atoms with Gasteiger partial charge >= 0.3 is 12.1 Å². The summed E-state index contributed by atoms with van der Waals surface area (Å²) in [4.78, 5) is 0. The van der Waals surface area contributed by atoms with Crippen molar-refractivity contribution in [2.45, 2.75) is 25.1 Å². The molecular formula is C10H11ClF5NO. The molecule has 0 aliphatic carbocycles. The van der Waals surface area contributed by atoms with Gasteiger partial charge in [0.2, 0.25) is 0 Å².